The summed E-state index contributed by atoms with van der Waals surface area (Å²) < 4.78 is 17.2. The van der Waals surface area contributed by atoms with Gasteiger partial charge in [0.2, 0.25) is 0 Å². The van der Waals surface area contributed by atoms with Crippen molar-refractivity contribution in [1.82, 2.24) is 4.90 Å². The zero-order valence-electron chi connectivity index (χ0n) is 13.1. The normalized spacial score (nSPS) is 18.9. The fourth-order valence-electron chi connectivity index (χ4n) is 3.06. The minimum atomic E-state index is -2.55. The van der Waals surface area contributed by atoms with Gasteiger partial charge < -0.3 is 13.3 Å². The number of unbranched alkanes of at least 4 members (excludes halogenated alkanes) is 3. The smallest absolute Gasteiger partial charge is 0.376 e. The summed E-state index contributed by atoms with van der Waals surface area (Å²) in [5, 5.41) is 0. The van der Waals surface area contributed by atoms with Crippen LogP contribution in [0.1, 0.15) is 51.9 Å². The molecule has 1 atom stereocenters. The third kappa shape index (κ3) is 4.53. The maximum Gasteiger partial charge on any atom is 0.518 e. The first kappa shape index (κ1) is 17.1. The Balaban J connectivity index is 2.66. The highest BCUT2D eigenvalue weighted by molar-refractivity contribution is 6.62. The zero-order chi connectivity index (χ0) is 14.1. The molecular formula is C14H31NO3Si. The van der Waals surface area contributed by atoms with Crippen LogP contribution in [0, 0.1) is 0 Å². The Morgan fingerprint density at radius 2 is 1.53 bits per heavy atom. The van der Waals surface area contributed by atoms with E-state index in [2.05, 4.69) is 11.8 Å². The van der Waals surface area contributed by atoms with Crippen LogP contribution in [0.25, 0.3) is 0 Å². The number of hydrogen-bond acceptors (Lipinski definition) is 4. The van der Waals surface area contributed by atoms with E-state index in [1.54, 1.807) is 21.3 Å². The van der Waals surface area contributed by atoms with Crippen LogP contribution >= 0.6 is 0 Å². The van der Waals surface area contributed by atoms with E-state index in [9.17, 15) is 0 Å². The average molecular weight is 289 g/mol. The summed E-state index contributed by atoms with van der Waals surface area (Å²) in [6.45, 7) is 4.56. The van der Waals surface area contributed by atoms with Gasteiger partial charge in [-0.3, -0.25) is 4.90 Å². The summed E-state index contributed by atoms with van der Waals surface area (Å²) in [6.07, 6.45) is 8.81. The predicted molar refractivity (Wildman–Crippen MR) is 80.1 cm³/mol. The van der Waals surface area contributed by atoms with E-state index >= 15 is 0 Å². The maximum atomic E-state index is 5.72. The predicted octanol–water partition coefficient (Wildman–Crippen LogP) is 2.84. The molecule has 0 aromatic rings. The molecule has 114 valence electrons. The van der Waals surface area contributed by atoms with E-state index in [0.717, 1.165) is 19.5 Å². The first-order valence-electron chi connectivity index (χ1n) is 7.63. The van der Waals surface area contributed by atoms with Gasteiger partial charge in [-0.05, 0) is 32.4 Å². The molecule has 0 radical (unpaired) electrons. The number of likely N-dealkylation sites (tertiary alicyclic amines) is 1. The summed E-state index contributed by atoms with van der Waals surface area (Å²) >= 11 is 0. The Kier molecular flexibility index (Phi) is 8.17. The fraction of sp³-hybridized carbons (Fsp3) is 1.00. The second-order valence-electron chi connectivity index (χ2n) is 5.32. The lowest BCUT2D eigenvalue weighted by Crippen LogP contribution is -2.61. The Labute approximate surface area is 119 Å². The van der Waals surface area contributed by atoms with Crippen molar-refractivity contribution in [3.05, 3.63) is 0 Å². The van der Waals surface area contributed by atoms with Crippen molar-refractivity contribution in [3.8, 4) is 0 Å². The van der Waals surface area contributed by atoms with Gasteiger partial charge in [-0.15, -0.1) is 0 Å². The topological polar surface area (TPSA) is 30.9 Å². The van der Waals surface area contributed by atoms with Crippen LogP contribution in [-0.4, -0.2) is 53.8 Å². The highest BCUT2D eigenvalue weighted by Crippen LogP contribution is 2.26. The summed E-state index contributed by atoms with van der Waals surface area (Å²) in [5.74, 6) is 0. The van der Waals surface area contributed by atoms with E-state index in [4.69, 9.17) is 13.3 Å². The average Bonchev–Trinajstić information content (AvgIpc) is 2.97. The minimum absolute atomic E-state index is 0.326. The first-order valence-corrected chi connectivity index (χ1v) is 9.43. The largest absolute Gasteiger partial charge is 0.518 e. The Hall–Kier alpha value is 0.0569. The standard InChI is InChI=1S/C14H31NO3Si/c1-5-6-7-8-11-14(15-12-9-10-13-15)19(16-2,17-3)18-4/h14H,5-13H2,1-4H3. The highest BCUT2D eigenvalue weighted by Gasteiger charge is 2.50. The lowest BCUT2D eigenvalue weighted by Gasteiger charge is -2.38. The Morgan fingerprint density at radius 1 is 0.947 bits per heavy atom. The van der Waals surface area contributed by atoms with Gasteiger partial charge in [0.05, 0.1) is 5.67 Å². The molecular weight excluding hydrogens is 258 g/mol. The highest BCUT2D eigenvalue weighted by atomic mass is 28.4. The van der Waals surface area contributed by atoms with Crippen LogP contribution in [0.2, 0.25) is 0 Å². The van der Waals surface area contributed by atoms with Crippen LogP contribution in [0.4, 0.5) is 0 Å². The molecule has 1 heterocycles. The zero-order valence-corrected chi connectivity index (χ0v) is 14.1. The second kappa shape index (κ2) is 9.08. The molecule has 0 saturated carbocycles. The monoisotopic (exact) mass is 289 g/mol. The summed E-state index contributed by atoms with van der Waals surface area (Å²) in [5.41, 5.74) is 0.326. The van der Waals surface area contributed by atoms with Gasteiger partial charge in [-0.1, -0.05) is 32.6 Å². The molecule has 0 N–H and O–H groups in total. The molecule has 1 unspecified atom stereocenters. The Morgan fingerprint density at radius 3 is 2.00 bits per heavy atom. The SMILES string of the molecule is CCCCCCC(N1CCCC1)[Si](OC)(OC)OC. The lowest BCUT2D eigenvalue weighted by molar-refractivity contribution is 0.0774. The summed E-state index contributed by atoms with van der Waals surface area (Å²) in [7, 11) is 2.65. The van der Waals surface area contributed by atoms with Gasteiger partial charge in [0.15, 0.2) is 0 Å². The van der Waals surface area contributed by atoms with Crippen molar-refractivity contribution in [3.63, 3.8) is 0 Å². The third-order valence-corrected chi connectivity index (χ3v) is 7.35. The molecule has 5 heteroatoms. The molecule has 1 fully saturated rings. The van der Waals surface area contributed by atoms with Crippen molar-refractivity contribution in [2.24, 2.45) is 0 Å². The fourth-order valence-corrected chi connectivity index (χ4v) is 5.64. The molecule has 0 aromatic heterocycles. The van der Waals surface area contributed by atoms with Crippen LogP contribution in [0.15, 0.2) is 0 Å². The molecule has 4 nitrogen and oxygen atoms in total. The van der Waals surface area contributed by atoms with Gasteiger partial charge >= 0.3 is 8.80 Å². The molecule has 0 aromatic carbocycles. The van der Waals surface area contributed by atoms with E-state index in [-0.39, 0.29) is 0 Å². The van der Waals surface area contributed by atoms with Gasteiger partial charge in [-0.25, -0.2) is 0 Å². The van der Waals surface area contributed by atoms with Crippen molar-refractivity contribution >= 4 is 8.80 Å². The van der Waals surface area contributed by atoms with Crippen molar-refractivity contribution in [1.29, 1.82) is 0 Å². The van der Waals surface area contributed by atoms with Gasteiger partial charge in [0.25, 0.3) is 0 Å². The van der Waals surface area contributed by atoms with E-state index in [0.29, 0.717) is 5.67 Å². The molecule has 0 amide bonds. The maximum absolute atomic E-state index is 5.72. The first-order chi connectivity index (χ1) is 9.24. The quantitative estimate of drug-likeness (QED) is 0.457. The van der Waals surface area contributed by atoms with Gasteiger partial charge in [0, 0.05) is 21.3 Å². The molecule has 0 spiro atoms. The van der Waals surface area contributed by atoms with E-state index < -0.39 is 8.80 Å². The van der Waals surface area contributed by atoms with Crippen molar-refractivity contribution < 1.29 is 13.3 Å². The Bertz CT molecular complexity index is 222. The molecule has 1 rings (SSSR count). The molecule has 19 heavy (non-hydrogen) atoms. The summed E-state index contributed by atoms with van der Waals surface area (Å²) in [6, 6.07) is 0. The second-order valence-corrected chi connectivity index (χ2v) is 8.42. The molecule has 1 aliphatic rings. The molecule has 0 bridgehead atoms. The van der Waals surface area contributed by atoms with E-state index in [1.807, 2.05) is 0 Å². The molecule has 1 aliphatic heterocycles. The van der Waals surface area contributed by atoms with Crippen LogP contribution < -0.4 is 0 Å². The molecule has 0 aliphatic carbocycles. The third-order valence-electron chi connectivity index (χ3n) is 4.17. The number of hydrogen-bond donors (Lipinski definition) is 0. The van der Waals surface area contributed by atoms with Crippen molar-refractivity contribution in [2.45, 2.75) is 57.5 Å². The van der Waals surface area contributed by atoms with Crippen LogP contribution in [-0.2, 0) is 13.3 Å². The number of rotatable bonds is 10. The van der Waals surface area contributed by atoms with Crippen LogP contribution in [0.3, 0.4) is 0 Å². The summed E-state index contributed by atoms with van der Waals surface area (Å²) in [4.78, 5) is 2.52. The lowest BCUT2D eigenvalue weighted by atomic mass is 10.1. The van der Waals surface area contributed by atoms with Gasteiger partial charge in [-0.2, -0.15) is 0 Å². The van der Waals surface area contributed by atoms with Gasteiger partial charge in [0.1, 0.15) is 0 Å². The number of nitrogens with zero attached hydrogens (tertiary/aromatic N) is 1. The minimum Gasteiger partial charge on any atom is -0.376 e. The molecule has 1 saturated heterocycles. The van der Waals surface area contributed by atoms with E-state index in [1.165, 1.54) is 38.5 Å². The van der Waals surface area contributed by atoms with Crippen molar-refractivity contribution in [2.75, 3.05) is 34.4 Å². The van der Waals surface area contributed by atoms with Crippen LogP contribution in [0.5, 0.6) is 0 Å².